The number of rotatable bonds is 9. The highest BCUT2D eigenvalue weighted by Gasteiger charge is 2.33. The number of β-amino-alcohol motifs (C(OH)–C–C–N with tert-alkyl or cyclic N) is 1. The monoisotopic (exact) mass is 489 g/mol. The second kappa shape index (κ2) is 10.7. The van der Waals surface area contributed by atoms with Gasteiger partial charge in [0.25, 0.3) is 11.8 Å². The number of nitrogens with zero attached hydrogens (tertiary/aromatic N) is 3. The zero-order valence-corrected chi connectivity index (χ0v) is 20.4. The number of carbonyl (C=O) groups excluding carboxylic acids is 2. The van der Waals surface area contributed by atoms with Crippen molar-refractivity contribution in [1.82, 2.24) is 14.7 Å². The Morgan fingerprint density at radius 3 is 2.11 bits per heavy atom. The minimum absolute atomic E-state index is 0.209. The molecule has 1 atom stereocenters. The molecule has 188 valence electrons. The summed E-state index contributed by atoms with van der Waals surface area (Å²) in [7, 11) is 1.61. The maximum atomic E-state index is 13.1. The lowest BCUT2D eigenvalue weighted by atomic mass is 9.94. The van der Waals surface area contributed by atoms with Crippen LogP contribution >= 0.6 is 0 Å². The van der Waals surface area contributed by atoms with Crippen molar-refractivity contribution in [3.05, 3.63) is 71.8 Å². The number of benzene rings is 3. The molecule has 2 aliphatic heterocycles. The smallest absolute Gasteiger partial charge is 0.261 e. The summed E-state index contributed by atoms with van der Waals surface area (Å²) in [5.74, 6) is 0.940. The van der Waals surface area contributed by atoms with Crippen molar-refractivity contribution in [3.63, 3.8) is 0 Å². The van der Waals surface area contributed by atoms with Gasteiger partial charge in [-0.3, -0.25) is 24.3 Å². The highest BCUT2D eigenvalue weighted by atomic mass is 16.5. The second-order valence-electron chi connectivity index (χ2n) is 9.26. The van der Waals surface area contributed by atoms with Crippen molar-refractivity contribution in [3.8, 4) is 11.5 Å². The van der Waals surface area contributed by atoms with E-state index >= 15 is 0 Å². The fourth-order valence-corrected chi connectivity index (χ4v) is 4.95. The summed E-state index contributed by atoms with van der Waals surface area (Å²) in [6.45, 7) is 4.96. The minimum atomic E-state index is -0.603. The molecule has 0 aromatic heterocycles. The average molecular weight is 490 g/mol. The van der Waals surface area contributed by atoms with Crippen LogP contribution in [0.15, 0.2) is 60.7 Å². The molecule has 2 heterocycles. The molecule has 3 aromatic rings. The summed E-state index contributed by atoms with van der Waals surface area (Å²) in [5.41, 5.74) is 1.19. The minimum Gasteiger partial charge on any atom is -0.497 e. The van der Waals surface area contributed by atoms with Gasteiger partial charge in [0.05, 0.1) is 7.11 Å². The van der Waals surface area contributed by atoms with Crippen LogP contribution in [0.4, 0.5) is 0 Å². The molecule has 1 N–H and O–H groups in total. The lowest BCUT2D eigenvalue weighted by molar-refractivity contribution is 0.0416. The predicted molar refractivity (Wildman–Crippen MR) is 137 cm³/mol. The Morgan fingerprint density at radius 1 is 0.833 bits per heavy atom. The van der Waals surface area contributed by atoms with E-state index in [-0.39, 0.29) is 18.4 Å². The molecule has 0 radical (unpaired) electrons. The Balaban J connectivity index is 1.09. The van der Waals surface area contributed by atoms with Gasteiger partial charge in [-0.15, -0.1) is 0 Å². The van der Waals surface area contributed by atoms with E-state index in [4.69, 9.17) is 9.47 Å². The first-order valence-electron chi connectivity index (χ1n) is 12.3. The lowest BCUT2D eigenvalue weighted by Gasteiger charge is -2.36. The van der Waals surface area contributed by atoms with E-state index in [0.29, 0.717) is 42.3 Å². The van der Waals surface area contributed by atoms with Gasteiger partial charge in [-0.25, -0.2) is 0 Å². The standard InChI is InChI=1S/C28H31N3O5/c1-35-22-7-4-8-23(17-22)36-19-21(32)18-30-13-11-29(12-14-30)15-16-31-27(33)24-9-2-5-20-6-3-10-25(26(20)24)28(31)34/h2-10,17,21,32H,11-16,18-19H2,1H3/t21-/m1/s1. The van der Waals surface area contributed by atoms with Crippen LogP contribution in [0.25, 0.3) is 10.8 Å². The number of aliphatic hydroxyl groups excluding tert-OH is 1. The zero-order valence-electron chi connectivity index (χ0n) is 20.4. The van der Waals surface area contributed by atoms with E-state index in [0.717, 1.165) is 37.0 Å². The number of amides is 2. The topological polar surface area (TPSA) is 82.6 Å². The van der Waals surface area contributed by atoms with E-state index in [2.05, 4.69) is 9.80 Å². The second-order valence-corrected chi connectivity index (χ2v) is 9.26. The third-order valence-corrected chi connectivity index (χ3v) is 6.91. The third kappa shape index (κ3) is 5.06. The molecule has 36 heavy (non-hydrogen) atoms. The maximum absolute atomic E-state index is 13.1. The normalized spacial score (nSPS) is 17.4. The predicted octanol–water partition coefficient (Wildman–Crippen LogP) is 2.50. The molecule has 5 rings (SSSR count). The summed E-state index contributed by atoms with van der Waals surface area (Å²) in [5, 5.41) is 12.1. The number of piperazine rings is 1. The van der Waals surface area contributed by atoms with Crippen LogP contribution in [0.1, 0.15) is 20.7 Å². The molecule has 2 amide bonds. The number of hydrogen-bond acceptors (Lipinski definition) is 7. The van der Waals surface area contributed by atoms with E-state index in [1.165, 1.54) is 4.90 Å². The molecule has 1 saturated heterocycles. The summed E-state index contributed by atoms with van der Waals surface area (Å²) in [4.78, 5) is 32.0. The summed E-state index contributed by atoms with van der Waals surface area (Å²) < 4.78 is 10.9. The SMILES string of the molecule is COc1cccc(OC[C@H](O)CN2CCN(CCN3C(=O)c4cccc5cccc(c45)C3=O)CC2)c1. The van der Waals surface area contributed by atoms with Gasteiger partial charge in [0.15, 0.2) is 0 Å². The van der Waals surface area contributed by atoms with Gasteiger partial charge in [-0.05, 0) is 29.7 Å². The molecule has 8 heteroatoms. The fourth-order valence-electron chi connectivity index (χ4n) is 4.95. The molecule has 8 nitrogen and oxygen atoms in total. The number of imide groups is 1. The Labute approximate surface area is 210 Å². The molecular weight excluding hydrogens is 458 g/mol. The summed E-state index contributed by atoms with van der Waals surface area (Å²) in [6, 6.07) is 18.5. The van der Waals surface area contributed by atoms with E-state index in [9.17, 15) is 14.7 Å². The highest BCUT2D eigenvalue weighted by molar-refractivity contribution is 6.25. The number of aliphatic hydroxyl groups is 1. The first-order chi connectivity index (χ1) is 17.5. The van der Waals surface area contributed by atoms with Crippen molar-refractivity contribution >= 4 is 22.6 Å². The molecule has 0 aliphatic carbocycles. The van der Waals surface area contributed by atoms with Gasteiger partial charge < -0.3 is 14.6 Å². The number of hydrogen-bond donors (Lipinski definition) is 1. The molecule has 0 unspecified atom stereocenters. The van der Waals surface area contributed by atoms with Gasteiger partial charge in [0.2, 0.25) is 0 Å². The van der Waals surface area contributed by atoms with Crippen LogP contribution in [-0.2, 0) is 0 Å². The molecule has 3 aromatic carbocycles. The molecule has 1 fully saturated rings. The summed E-state index contributed by atoms with van der Waals surface area (Å²) >= 11 is 0. The largest absolute Gasteiger partial charge is 0.497 e. The van der Waals surface area contributed by atoms with Crippen LogP contribution in [-0.4, -0.2) is 97.3 Å². The lowest BCUT2D eigenvalue weighted by Crippen LogP contribution is -2.51. The molecular formula is C28H31N3O5. The molecule has 0 bridgehead atoms. The van der Waals surface area contributed by atoms with Crippen molar-refractivity contribution in [2.24, 2.45) is 0 Å². The Bertz CT molecular complexity index is 1200. The van der Waals surface area contributed by atoms with Crippen LogP contribution in [0.5, 0.6) is 11.5 Å². The van der Waals surface area contributed by atoms with E-state index < -0.39 is 6.10 Å². The third-order valence-electron chi connectivity index (χ3n) is 6.91. The Kier molecular flexibility index (Phi) is 7.18. The summed E-state index contributed by atoms with van der Waals surface area (Å²) in [6.07, 6.45) is -0.603. The van der Waals surface area contributed by atoms with E-state index in [1.54, 1.807) is 25.3 Å². The van der Waals surface area contributed by atoms with Crippen molar-refractivity contribution in [2.75, 3.05) is 59.5 Å². The Morgan fingerprint density at radius 2 is 1.44 bits per heavy atom. The quantitative estimate of drug-likeness (QED) is 0.463. The average Bonchev–Trinajstić information content (AvgIpc) is 2.91. The molecule has 0 spiro atoms. The van der Waals surface area contributed by atoms with Gasteiger partial charge in [-0.2, -0.15) is 0 Å². The number of ether oxygens (including phenoxy) is 2. The molecule has 2 aliphatic rings. The van der Waals surface area contributed by atoms with Crippen LogP contribution < -0.4 is 9.47 Å². The van der Waals surface area contributed by atoms with Gasteiger partial charge in [-0.1, -0.05) is 30.3 Å². The fraction of sp³-hybridized carbons (Fsp3) is 0.357. The van der Waals surface area contributed by atoms with Crippen LogP contribution in [0, 0.1) is 0 Å². The van der Waals surface area contributed by atoms with E-state index in [1.807, 2.05) is 42.5 Å². The van der Waals surface area contributed by atoms with Crippen molar-refractivity contribution < 1.29 is 24.2 Å². The zero-order chi connectivity index (χ0) is 25.1. The first kappa shape index (κ1) is 24.2. The van der Waals surface area contributed by atoms with Crippen molar-refractivity contribution in [2.45, 2.75) is 6.10 Å². The highest BCUT2D eigenvalue weighted by Crippen LogP contribution is 2.29. The molecule has 0 saturated carbocycles. The maximum Gasteiger partial charge on any atom is 0.261 e. The Hall–Kier alpha value is -3.46. The number of carbonyl (C=O) groups is 2. The van der Waals surface area contributed by atoms with Crippen molar-refractivity contribution in [1.29, 1.82) is 0 Å². The van der Waals surface area contributed by atoms with Crippen LogP contribution in [0.3, 0.4) is 0 Å². The van der Waals surface area contributed by atoms with Gasteiger partial charge >= 0.3 is 0 Å². The first-order valence-corrected chi connectivity index (χ1v) is 12.3. The number of methoxy groups -OCH3 is 1. The van der Waals surface area contributed by atoms with Gasteiger partial charge in [0.1, 0.15) is 24.2 Å². The van der Waals surface area contributed by atoms with Gasteiger partial charge in [0, 0.05) is 68.4 Å². The van der Waals surface area contributed by atoms with Crippen LogP contribution in [0.2, 0.25) is 0 Å².